The maximum absolute atomic E-state index is 12.2. The Hall–Kier alpha value is -1.75. The first-order valence-electron chi connectivity index (χ1n) is 7.64. The summed E-state index contributed by atoms with van der Waals surface area (Å²) in [7, 11) is 0. The van der Waals surface area contributed by atoms with Gasteiger partial charge in [0, 0.05) is 11.6 Å². The van der Waals surface area contributed by atoms with E-state index in [1.807, 2.05) is 12.1 Å². The van der Waals surface area contributed by atoms with Crippen LogP contribution in [-0.4, -0.2) is 40.3 Å². The topological polar surface area (TPSA) is 66.8 Å². The van der Waals surface area contributed by atoms with Crippen molar-refractivity contribution in [1.29, 1.82) is 0 Å². The van der Waals surface area contributed by atoms with Crippen LogP contribution in [0.25, 0.3) is 0 Å². The van der Waals surface area contributed by atoms with E-state index < -0.39 is 23.7 Å². The fraction of sp³-hybridized carbons (Fsp3) is 0.529. The number of carbonyl (C=O) groups excluding carboxylic acids is 1. The molecule has 6 heteroatoms. The van der Waals surface area contributed by atoms with E-state index in [4.69, 9.17) is 16.3 Å². The molecule has 0 aliphatic carbocycles. The normalized spacial score (nSPS) is 21.3. The highest BCUT2D eigenvalue weighted by molar-refractivity contribution is 6.30. The number of hydrogen-bond acceptors (Lipinski definition) is 3. The van der Waals surface area contributed by atoms with Crippen molar-refractivity contribution in [1.82, 2.24) is 4.90 Å². The van der Waals surface area contributed by atoms with Crippen LogP contribution >= 0.6 is 11.6 Å². The zero-order valence-electron chi connectivity index (χ0n) is 13.6. The van der Waals surface area contributed by atoms with Crippen molar-refractivity contribution in [2.75, 3.05) is 6.54 Å². The minimum atomic E-state index is -0.993. The molecule has 1 aromatic rings. The standard InChI is InChI=1S/C17H22ClNO4/c1-17(2,3)23-16(22)19-9-8-12(14(19)15(20)21)10-11-4-6-13(18)7-5-11/h4-7,12,14H,8-10H2,1-3H3,(H,20,21)/t12-,14-/m0/s1. The quantitative estimate of drug-likeness (QED) is 0.913. The summed E-state index contributed by atoms with van der Waals surface area (Å²) in [4.78, 5) is 25.2. The lowest BCUT2D eigenvalue weighted by Gasteiger charge is -2.28. The Balaban J connectivity index is 2.11. The van der Waals surface area contributed by atoms with Crippen LogP contribution in [0.2, 0.25) is 5.02 Å². The van der Waals surface area contributed by atoms with Crippen LogP contribution in [0.1, 0.15) is 32.8 Å². The predicted octanol–water partition coefficient (Wildman–Crippen LogP) is 3.59. The molecule has 1 heterocycles. The smallest absolute Gasteiger partial charge is 0.411 e. The zero-order chi connectivity index (χ0) is 17.2. The molecule has 0 spiro atoms. The first-order chi connectivity index (χ1) is 10.7. The molecule has 0 aromatic heterocycles. The van der Waals surface area contributed by atoms with Crippen molar-refractivity contribution in [3.8, 4) is 0 Å². The van der Waals surface area contributed by atoms with E-state index in [0.29, 0.717) is 24.4 Å². The lowest BCUT2D eigenvalue weighted by Crippen LogP contribution is -2.45. The number of hydrogen-bond donors (Lipinski definition) is 1. The summed E-state index contributed by atoms with van der Waals surface area (Å²) in [6, 6.07) is 6.48. The van der Waals surface area contributed by atoms with E-state index >= 15 is 0 Å². The lowest BCUT2D eigenvalue weighted by molar-refractivity contribution is -0.143. The van der Waals surface area contributed by atoms with Crippen molar-refractivity contribution in [3.63, 3.8) is 0 Å². The predicted molar refractivity (Wildman–Crippen MR) is 87.6 cm³/mol. The largest absolute Gasteiger partial charge is 0.480 e. The molecule has 0 saturated carbocycles. The summed E-state index contributed by atoms with van der Waals surface area (Å²) < 4.78 is 5.32. The summed E-state index contributed by atoms with van der Waals surface area (Å²) >= 11 is 5.87. The number of carboxylic acids is 1. The van der Waals surface area contributed by atoms with Gasteiger partial charge in [0.1, 0.15) is 11.6 Å². The molecule has 2 atom stereocenters. The monoisotopic (exact) mass is 339 g/mol. The van der Waals surface area contributed by atoms with Gasteiger partial charge in [0.05, 0.1) is 0 Å². The molecule has 1 saturated heterocycles. The zero-order valence-corrected chi connectivity index (χ0v) is 14.3. The van der Waals surface area contributed by atoms with Crippen LogP contribution in [0.3, 0.4) is 0 Å². The van der Waals surface area contributed by atoms with Gasteiger partial charge in [-0.2, -0.15) is 0 Å². The molecular formula is C17H22ClNO4. The summed E-state index contributed by atoms with van der Waals surface area (Å²) in [5.74, 6) is -1.13. The molecule has 0 unspecified atom stereocenters. The summed E-state index contributed by atoms with van der Waals surface area (Å²) in [5, 5.41) is 10.2. The first-order valence-corrected chi connectivity index (χ1v) is 8.02. The number of ether oxygens (including phenoxy) is 1. The third-order valence-electron chi connectivity index (χ3n) is 3.82. The molecule has 1 N–H and O–H groups in total. The van der Waals surface area contributed by atoms with Crippen LogP contribution in [0.15, 0.2) is 24.3 Å². The maximum atomic E-state index is 12.2. The van der Waals surface area contributed by atoms with E-state index in [-0.39, 0.29) is 5.92 Å². The van der Waals surface area contributed by atoms with Gasteiger partial charge in [-0.05, 0) is 57.2 Å². The molecule has 0 bridgehead atoms. The van der Waals surface area contributed by atoms with Crippen molar-refractivity contribution in [2.24, 2.45) is 5.92 Å². The highest BCUT2D eigenvalue weighted by atomic mass is 35.5. The maximum Gasteiger partial charge on any atom is 0.411 e. The van der Waals surface area contributed by atoms with E-state index in [1.54, 1.807) is 32.9 Å². The SMILES string of the molecule is CC(C)(C)OC(=O)N1CC[C@@H](Cc2ccc(Cl)cc2)[C@H]1C(=O)O. The molecule has 1 aliphatic heterocycles. The van der Waals surface area contributed by atoms with Crippen LogP contribution in [0.4, 0.5) is 4.79 Å². The molecule has 1 aromatic carbocycles. The van der Waals surface area contributed by atoms with Crippen molar-refractivity contribution in [2.45, 2.75) is 45.3 Å². The third kappa shape index (κ3) is 4.61. The average Bonchev–Trinajstić information content (AvgIpc) is 2.83. The highest BCUT2D eigenvalue weighted by Crippen LogP contribution is 2.30. The number of aliphatic carboxylic acids is 1. The number of likely N-dealkylation sites (tertiary alicyclic amines) is 1. The van der Waals surface area contributed by atoms with Gasteiger partial charge in [-0.15, -0.1) is 0 Å². The van der Waals surface area contributed by atoms with Crippen LogP contribution in [0.5, 0.6) is 0 Å². The number of carboxylic acid groups (broad SMARTS) is 1. The average molecular weight is 340 g/mol. The molecule has 5 nitrogen and oxygen atoms in total. The Morgan fingerprint density at radius 2 is 1.91 bits per heavy atom. The van der Waals surface area contributed by atoms with Gasteiger partial charge >= 0.3 is 12.1 Å². The van der Waals surface area contributed by atoms with Gasteiger partial charge < -0.3 is 9.84 Å². The van der Waals surface area contributed by atoms with E-state index in [9.17, 15) is 14.7 Å². The summed E-state index contributed by atoms with van der Waals surface area (Å²) in [6.07, 6.45) is 0.662. The van der Waals surface area contributed by atoms with E-state index in [1.165, 1.54) is 4.90 Å². The second kappa shape index (κ2) is 6.79. The molecule has 0 radical (unpaired) electrons. The van der Waals surface area contributed by atoms with Crippen molar-refractivity contribution in [3.05, 3.63) is 34.9 Å². The molecular weight excluding hydrogens is 318 g/mol. The molecule has 23 heavy (non-hydrogen) atoms. The molecule has 2 rings (SSSR count). The van der Waals surface area contributed by atoms with Gasteiger partial charge in [-0.1, -0.05) is 23.7 Å². The Morgan fingerprint density at radius 3 is 2.43 bits per heavy atom. The Bertz CT molecular complexity index is 579. The number of halogens is 1. The first kappa shape index (κ1) is 17.6. The molecule has 1 aliphatic rings. The number of benzene rings is 1. The second-order valence-corrected chi connectivity index (χ2v) is 7.27. The summed E-state index contributed by atoms with van der Waals surface area (Å²) in [6.45, 7) is 5.69. The highest BCUT2D eigenvalue weighted by Gasteiger charge is 2.43. The van der Waals surface area contributed by atoms with Crippen molar-refractivity contribution < 1.29 is 19.4 Å². The molecule has 1 amide bonds. The van der Waals surface area contributed by atoms with Gasteiger partial charge in [-0.3, -0.25) is 4.90 Å². The van der Waals surface area contributed by atoms with Gasteiger partial charge in [-0.25, -0.2) is 9.59 Å². The van der Waals surface area contributed by atoms with E-state index in [0.717, 1.165) is 5.56 Å². The van der Waals surface area contributed by atoms with E-state index in [2.05, 4.69) is 0 Å². The summed E-state index contributed by atoms with van der Waals surface area (Å²) in [5.41, 5.74) is 0.366. The number of carbonyl (C=O) groups is 2. The fourth-order valence-electron chi connectivity index (χ4n) is 2.85. The van der Waals surface area contributed by atoms with Gasteiger partial charge in [0.25, 0.3) is 0 Å². The molecule has 126 valence electrons. The van der Waals surface area contributed by atoms with Crippen LogP contribution < -0.4 is 0 Å². The second-order valence-electron chi connectivity index (χ2n) is 6.84. The van der Waals surface area contributed by atoms with Gasteiger partial charge in [0.2, 0.25) is 0 Å². The van der Waals surface area contributed by atoms with Crippen LogP contribution in [0, 0.1) is 5.92 Å². The third-order valence-corrected chi connectivity index (χ3v) is 4.07. The Labute approximate surface area is 141 Å². The minimum Gasteiger partial charge on any atom is -0.480 e. The lowest BCUT2D eigenvalue weighted by atomic mass is 9.92. The number of nitrogens with zero attached hydrogens (tertiary/aromatic N) is 1. The van der Waals surface area contributed by atoms with Crippen LogP contribution in [-0.2, 0) is 16.0 Å². The van der Waals surface area contributed by atoms with Gasteiger partial charge in [0.15, 0.2) is 0 Å². The number of rotatable bonds is 3. The number of amides is 1. The minimum absolute atomic E-state index is 0.138. The Morgan fingerprint density at radius 1 is 1.30 bits per heavy atom. The fourth-order valence-corrected chi connectivity index (χ4v) is 2.98. The van der Waals surface area contributed by atoms with Crippen molar-refractivity contribution >= 4 is 23.7 Å². The Kier molecular flexibility index (Phi) is 5.19. The molecule has 1 fully saturated rings.